The second kappa shape index (κ2) is 5.72. The number of fused-ring (bicyclic) bond motifs is 2. The van der Waals surface area contributed by atoms with Crippen molar-refractivity contribution in [1.29, 1.82) is 0 Å². The molecule has 0 saturated carbocycles. The monoisotopic (exact) mass is 347 g/mol. The molecule has 0 atom stereocenters. The second-order valence-electron chi connectivity index (χ2n) is 5.06. The maximum absolute atomic E-state index is 12.9. The van der Waals surface area contributed by atoms with Crippen LogP contribution in [0.2, 0.25) is 10.0 Å². The first kappa shape index (κ1) is 15.6. The van der Waals surface area contributed by atoms with Crippen LogP contribution in [0.4, 0.5) is 0 Å². The van der Waals surface area contributed by atoms with Crippen LogP contribution in [0.3, 0.4) is 0 Å². The summed E-state index contributed by atoms with van der Waals surface area (Å²) >= 11 is 12.2. The second-order valence-corrected chi connectivity index (χ2v) is 5.88. The molecule has 6 heteroatoms. The van der Waals surface area contributed by atoms with E-state index in [4.69, 9.17) is 28.9 Å². The number of carbonyl (C=O) groups is 2. The fourth-order valence-corrected chi connectivity index (χ4v) is 3.22. The van der Waals surface area contributed by atoms with Crippen molar-refractivity contribution < 1.29 is 14.7 Å². The maximum Gasteiger partial charge on any atom is 0.199 e. The van der Waals surface area contributed by atoms with E-state index >= 15 is 0 Å². The zero-order valence-electron chi connectivity index (χ0n) is 11.8. The Labute approximate surface area is 142 Å². The average molecular weight is 348 g/mol. The number of allylic oxidation sites excluding steroid dienone is 1. The number of carbonyl (C=O) groups excluding carboxylic acids is 2. The highest BCUT2D eigenvalue weighted by atomic mass is 35.5. The zero-order chi connectivity index (χ0) is 16.7. The van der Waals surface area contributed by atoms with Crippen molar-refractivity contribution in [2.75, 3.05) is 0 Å². The Bertz CT molecular complexity index is 888. The van der Waals surface area contributed by atoms with Gasteiger partial charge in [0.25, 0.3) is 0 Å². The van der Waals surface area contributed by atoms with E-state index in [-0.39, 0.29) is 38.0 Å². The molecule has 116 valence electrons. The minimum absolute atomic E-state index is 0.0264. The largest absolute Gasteiger partial charge is 0.507 e. The van der Waals surface area contributed by atoms with Crippen LogP contribution in [-0.2, 0) is 6.42 Å². The first-order chi connectivity index (χ1) is 11.0. The summed E-state index contributed by atoms with van der Waals surface area (Å²) in [6.45, 7) is 0. The van der Waals surface area contributed by atoms with Gasteiger partial charge in [0.05, 0.1) is 26.7 Å². The Hall–Kier alpha value is -2.30. The molecule has 0 spiro atoms. The molecule has 0 aliphatic heterocycles. The van der Waals surface area contributed by atoms with E-state index in [1.807, 2.05) is 0 Å². The molecule has 0 unspecified atom stereocenters. The van der Waals surface area contributed by atoms with E-state index in [1.54, 1.807) is 12.1 Å². The number of halogens is 2. The predicted octanol–water partition coefficient (Wildman–Crippen LogP) is 3.49. The zero-order valence-corrected chi connectivity index (χ0v) is 13.3. The number of rotatable bonds is 2. The van der Waals surface area contributed by atoms with E-state index in [9.17, 15) is 14.7 Å². The quantitative estimate of drug-likeness (QED) is 0.743. The molecule has 4 nitrogen and oxygen atoms in total. The van der Waals surface area contributed by atoms with Crippen LogP contribution in [0, 0.1) is 0 Å². The van der Waals surface area contributed by atoms with Gasteiger partial charge in [0, 0.05) is 5.56 Å². The minimum atomic E-state index is -0.516. The van der Waals surface area contributed by atoms with E-state index in [1.165, 1.54) is 24.4 Å². The SMILES string of the molecule is NC=CCc1ccc(O)c2c1C(=O)c1c(Cl)ccc(Cl)c1C2=O. The summed E-state index contributed by atoms with van der Waals surface area (Å²) < 4.78 is 0. The summed E-state index contributed by atoms with van der Waals surface area (Å²) in [5.74, 6) is -1.21. The number of ketones is 2. The maximum atomic E-state index is 12.9. The Morgan fingerprint density at radius 3 is 2.04 bits per heavy atom. The lowest BCUT2D eigenvalue weighted by atomic mass is 9.80. The van der Waals surface area contributed by atoms with Gasteiger partial charge in [0.15, 0.2) is 11.6 Å². The summed E-state index contributed by atoms with van der Waals surface area (Å²) in [5, 5.41) is 10.4. The van der Waals surface area contributed by atoms with Gasteiger partial charge in [-0.2, -0.15) is 0 Å². The van der Waals surface area contributed by atoms with Crippen LogP contribution in [0.15, 0.2) is 36.5 Å². The van der Waals surface area contributed by atoms with Gasteiger partial charge in [0.1, 0.15) is 5.75 Å². The van der Waals surface area contributed by atoms with E-state index in [0.29, 0.717) is 12.0 Å². The fourth-order valence-electron chi connectivity index (χ4n) is 2.73. The Kier molecular flexibility index (Phi) is 3.88. The number of aromatic hydroxyl groups is 1. The molecule has 0 amide bonds. The molecule has 0 saturated heterocycles. The third-order valence-corrected chi connectivity index (χ3v) is 4.39. The Morgan fingerprint density at radius 1 is 0.913 bits per heavy atom. The number of benzene rings is 2. The van der Waals surface area contributed by atoms with Gasteiger partial charge < -0.3 is 10.8 Å². The molecule has 0 aromatic heterocycles. The summed E-state index contributed by atoms with van der Waals surface area (Å²) in [7, 11) is 0. The number of hydrogen-bond acceptors (Lipinski definition) is 4. The third kappa shape index (κ3) is 2.31. The van der Waals surface area contributed by atoms with Crippen LogP contribution in [0.1, 0.15) is 37.4 Å². The number of phenolic OH excluding ortho intramolecular Hbond substituents is 1. The van der Waals surface area contributed by atoms with Crippen molar-refractivity contribution in [3.05, 3.63) is 74.4 Å². The van der Waals surface area contributed by atoms with Crippen molar-refractivity contribution in [1.82, 2.24) is 0 Å². The highest BCUT2D eigenvalue weighted by Crippen LogP contribution is 2.40. The molecule has 3 N–H and O–H groups in total. The molecule has 23 heavy (non-hydrogen) atoms. The molecule has 3 rings (SSSR count). The van der Waals surface area contributed by atoms with Crippen LogP contribution < -0.4 is 5.73 Å². The average Bonchev–Trinajstić information content (AvgIpc) is 2.53. The first-order valence-electron chi connectivity index (χ1n) is 6.76. The molecule has 0 bridgehead atoms. The van der Waals surface area contributed by atoms with Gasteiger partial charge in [-0.1, -0.05) is 35.3 Å². The van der Waals surface area contributed by atoms with Crippen molar-refractivity contribution in [3.8, 4) is 5.75 Å². The van der Waals surface area contributed by atoms with Gasteiger partial charge >= 0.3 is 0 Å². The molecule has 0 fully saturated rings. The Morgan fingerprint density at radius 2 is 1.48 bits per heavy atom. The normalized spacial score (nSPS) is 13.3. The summed E-state index contributed by atoms with van der Waals surface area (Å²) in [6.07, 6.45) is 3.36. The first-order valence-corrected chi connectivity index (χ1v) is 7.52. The molecule has 1 aliphatic rings. The topological polar surface area (TPSA) is 80.4 Å². The molecular weight excluding hydrogens is 337 g/mol. The molecule has 0 heterocycles. The van der Waals surface area contributed by atoms with Gasteiger partial charge in [-0.05, 0) is 36.4 Å². The van der Waals surface area contributed by atoms with Crippen molar-refractivity contribution in [2.24, 2.45) is 5.73 Å². The Balaban J connectivity index is 2.35. The molecular formula is C17H11Cl2NO3. The van der Waals surface area contributed by atoms with Crippen LogP contribution in [0.25, 0.3) is 0 Å². The molecule has 2 aromatic carbocycles. The highest BCUT2D eigenvalue weighted by molar-refractivity contribution is 6.43. The van der Waals surface area contributed by atoms with Crippen LogP contribution >= 0.6 is 23.2 Å². The van der Waals surface area contributed by atoms with E-state index in [0.717, 1.165) is 0 Å². The number of phenols is 1. The predicted molar refractivity (Wildman–Crippen MR) is 88.5 cm³/mol. The highest BCUT2D eigenvalue weighted by Gasteiger charge is 2.36. The van der Waals surface area contributed by atoms with Gasteiger partial charge in [0.2, 0.25) is 0 Å². The van der Waals surface area contributed by atoms with E-state index in [2.05, 4.69) is 0 Å². The van der Waals surface area contributed by atoms with E-state index < -0.39 is 11.6 Å². The summed E-state index contributed by atoms with van der Waals surface area (Å²) in [4.78, 5) is 25.7. The molecule has 2 aromatic rings. The summed E-state index contributed by atoms with van der Waals surface area (Å²) in [6, 6.07) is 5.90. The van der Waals surface area contributed by atoms with Crippen LogP contribution in [0.5, 0.6) is 5.75 Å². The smallest absolute Gasteiger partial charge is 0.199 e. The standard InChI is InChI=1S/C17H11Cl2NO3/c18-9-4-5-10(19)14-13(9)16(22)12-8(2-1-7-20)3-6-11(21)15(12)17(14)23/h1,3-7,21H,2,20H2. The van der Waals surface area contributed by atoms with Crippen LogP contribution in [-0.4, -0.2) is 16.7 Å². The van der Waals surface area contributed by atoms with Crippen molar-refractivity contribution in [2.45, 2.75) is 6.42 Å². The van der Waals surface area contributed by atoms with Gasteiger partial charge in [-0.3, -0.25) is 9.59 Å². The molecule has 1 aliphatic carbocycles. The summed E-state index contributed by atoms with van der Waals surface area (Å²) in [5.41, 5.74) is 6.12. The minimum Gasteiger partial charge on any atom is -0.507 e. The van der Waals surface area contributed by atoms with Crippen molar-refractivity contribution >= 4 is 34.8 Å². The number of nitrogens with two attached hydrogens (primary N) is 1. The lowest BCUT2D eigenvalue weighted by Crippen LogP contribution is -2.23. The fraction of sp³-hybridized carbons (Fsp3) is 0.0588. The molecule has 0 radical (unpaired) electrons. The van der Waals surface area contributed by atoms with Gasteiger partial charge in [-0.15, -0.1) is 0 Å². The van der Waals surface area contributed by atoms with Gasteiger partial charge in [-0.25, -0.2) is 0 Å². The lowest BCUT2D eigenvalue weighted by Gasteiger charge is -2.22. The third-order valence-electron chi connectivity index (χ3n) is 3.76. The lowest BCUT2D eigenvalue weighted by molar-refractivity contribution is 0.0976. The number of hydrogen-bond donors (Lipinski definition) is 2. The van der Waals surface area contributed by atoms with Crippen molar-refractivity contribution in [3.63, 3.8) is 0 Å².